The molecule has 5 heteroatoms. The SMILES string of the molecule is CC(C)OC(=O)CCC/C=C/C[C@@H]1[C@@H](CCC(=O)CCc2ccccc2)[C@H](O)C[C@@H]1O. The molecule has 1 aliphatic carbocycles. The van der Waals surface area contributed by atoms with Crippen LogP contribution in [0.4, 0.5) is 0 Å². The topological polar surface area (TPSA) is 83.8 Å². The van der Waals surface area contributed by atoms with Crippen LogP contribution < -0.4 is 0 Å². The molecule has 4 atom stereocenters. The van der Waals surface area contributed by atoms with Crippen molar-refractivity contribution in [3.8, 4) is 0 Å². The number of aliphatic hydroxyl groups excluding tert-OH is 2. The molecule has 172 valence electrons. The lowest BCUT2D eigenvalue weighted by Gasteiger charge is -2.22. The van der Waals surface area contributed by atoms with Crippen molar-refractivity contribution in [2.45, 2.75) is 89.9 Å². The summed E-state index contributed by atoms with van der Waals surface area (Å²) in [4.78, 5) is 23.9. The first-order valence-corrected chi connectivity index (χ1v) is 11.6. The molecule has 0 spiro atoms. The molecule has 1 aromatic carbocycles. The van der Waals surface area contributed by atoms with Gasteiger partial charge in [-0.3, -0.25) is 9.59 Å². The normalized spacial score (nSPS) is 23.5. The van der Waals surface area contributed by atoms with Gasteiger partial charge in [-0.2, -0.15) is 0 Å². The minimum atomic E-state index is -0.555. The van der Waals surface area contributed by atoms with Crippen LogP contribution in [0.5, 0.6) is 0 Å². The molecule has 2 rings (SSSR count). The second kappa shape index (κ2) is 13.4. The molecule has 1 fully saturated rings. The number of rotatable bonds is 13. The summed E-state index contributed by atoms with van der Waals surface area (Å²) >= 11 is 0. The van der Waals surface area contributed by atoms with E-state index < -0.39 is 12.2 Å². The van der Waals surface area contributed by atoms with Crippen molar-refractivity contribution >= 4 is 11.8 Å². The molecule has 1 aromatic rings. The lowest BCUT2D eigenvalue weighted by Crippen LogP contribution is -2.22. The fourth-order valence-electron chi connectivity index (χ4n) is 4.34. The van der Waals surface area contributed by atoms with Crippen LogP contribution in [0.25, 0.3) is 0 Å². The minimum absolute atomic E-state index is 0.0286. The summed E-state index contributed by atoms with van der Waals surface area (Å²) in [6.45, 7) is 3.68. The van der Waals surface area contributed by atoms with Gasteiger partial charge in [-0.05, 0) is 69.8 Å². The van der Waals surface area contributed by atoms with Gasteiger partial charge in [0.1, 0.15) is 5.78 Å². The first kappa shape index (κ1) is 25.3. The third-order valence-electron chi connectivity index (χ3n) is 6.01. The monoisotopic (exact) mass is 430 g/mol. The van der Waals surface area contributed by atoms with E-state index >= 15 is 0 Å². The van der Waals surface area contributed by atoms with Crippen molar-refractivity contribution in [2.75, 3.05) is 0 Å². The summed E-state index contributed by atoms with van der Waals surface area (Å²) in [6, 6.07) is 9.98. The molecule has 0 aromatic heterocycles. The molecule has 0 bridgehead atoms. The molecule has 31 heavy (non-hydrogen) atoms. The van der Waals surface area contributed by atoms with Crippen molar-refractivity contribution in [2.24, 2.45) is 11.8 Å². The summed E-state index contributed by atoms with van der Waals surface area (Å²) in [5, 5.41) is 20.7. The maximum Gasteiger partial charge on any atom is 0.306 e. The number of hydrogen-bond acceptors (Lipinski definition) is 5. The molecule has 0 aliphatic heterocycles. The fourth-order valence-corrected chi connectivity index (χ4v) is 4.34. The third-order valence-corrected chi connectivity index (χ3v) is 6.01. The van der Waals surface area contributed by atoms with Crippen LogP contribution in [0.2, 0.25) is 0 Å². The van der Waals surface area contributed by atoms with E-state index in [-0.39, 0.29) is 29.7 Å². The van der Waals surface area contributed by atoms with Crippen molar-refractivity contribution in [3.05, 3.63) is 48.0 Å². The van der Waals surface area contributed by atoms with E-state index in [1.165, 1.54) is 0 Å². The molecule has 1 aliphatic rings. The van der Waals surface area contributed by atoms with Gasteiger partial charge >= 0.3 is 5.97 Å². The summed E-state index contributed by atoms with van der Waals surface area (Å²) in [5.41, 5.74) is 1.16. The van der Waals surface area contributed by atoms with E-state index in [1.807, 2.05) is 56.3 Å². The number of carbonyl (C=O) groups is 2. The first-order valence-electron chi connectivity index (χ1n) is 11.6. The number of ether oxygens (including phenoxy) is 1. The second-order valence-corrected chi connectivity index (χ2v) is 8.90. The Morgan fingerprint density at radius 2 is 1.74 bits per heavy atom. The van der Waals surface area contributed by atoms with E-state index in [9.17, 15) is 19.8 Å². The van der Waals surface area contributed by atoms with Gasteiger partial charge in [0.05, 0.1) is 18.3 Å². The van der Waals surface area contributed by atoms with Gasteiger partial charge < -0.3 is 14.9 Å². The van der Waals surface area contributed by atoms with E-state index in [0.29, 0.717) is 38.5 Å². The second-order valence-electron chi connectivity index (χ2n) is 8.90. The van der Waals surface area contributed by atoms with Crippen molar-refractivity contribution in [1.29, 1.82) is 0 Å². The van der Waals surface area contributed by atoms with E-state index in [2.05, 4.69) is 0 Å². The summed E-state index contributed by atoms with van der Waals surface area (Å²) in [5.74, 6) is -0.0461. The largest absolute Gasteiger partial charge is 0.463 e. The highest BCUT2D eigenvalue weighted by atomic mass is 16.5. The number of aryl methyl sites for hydroxylation is 1. The van der Waals surface area contributed by atoms with Crippen LogP contribution >= 0.6 is 0 Å². The van der Waals surface area contributed by atoms with Crippen LogP contribution in [0.3, 0.4) is 0 Å². The minimum Gasteiger partial charge on any atom is -0.463 e. The Labute approximate surface area is 186 Å². The van der Waals surface area contributed by atoms with Gasteiger partial charge in [0.25, 0.3) is 0 Å². The zero-order chi connectivity index (χ0) is 22.6. The smallest absolute Gasteiger partial charge is 0.306 e. The average molecular weight is 431 g/mol. The molecule has 0 radical (unpaired) electrons. The third kappa shape index (κ3) is 9.36. The molecule has 0 unspecified atom stereocenters. The lowest BCUT2D eigenvalue weighted by atomic mass is 9.86. The van der Waals surface area contributed by atoms with Gasteiger partial charge in [-0.25, -0.2) is 0 Å². The fraction of sp³-hybridized carbons (Fsp3) is 0.615. The molecule has 0 saturated heterocycles. The summed E-state index contributed by atoms with van der Waals surface area (Å²) in [6.07, 6.45) is 8.17. The Hall–Kier alpha value is -1.98. The van der Waals surface area contributed by atoms with E-state index in [1.54, 1.807) is 0 Å². The van der Waals surface area contributed by atoms with Crippen LogP contribution in [0.15, 0.2) is 42.5 Å². The number of allylic oxidation sites excluding steroid dienone is 2. The number of aliphatic hydroxyl groups is 2. The highest BCUT2D eigenvalue weighted by Crippen LogP contribution is 2.38. The van der Waals surface area contributed by atoms with E-state index in [4.69, 9.17) is 4.74 Å². The van der Waals surface area contributed by atoms with Crippen molar-refractivity contribution < 1.29 is 24.5 Å². The Bertz CT molecular complexity index is 697. The standard InChI is InChI=1S/C26H38O5/c1-19(2)31-26(30)13-9-4-3-8-12-22-23(25(29)18-24(22)28)17-16-21(27)15-14-20-10-6-5-7-11-20/h3,5-8,10-11,19,22-25,28-29H,4,9,12-18H2,1-2H3/b8-3+/t22-,23-,24+,25-/m1/s1. The van der Waals surface area contributed by atoms with Crippen LogP contribution in [0, 0.1) is 11.8 Å². The number of esters is 1. The maximum atomic E-state index is 12.3. The van der Waals surface area contributed by atoms with Gasteiger partial charge in [-0.15, -0.1) is 0 Å². The molecule has 1 saturated carbocycles. The highest BCUT2D eigenvalue weighted by Gasteiger charge is 2.40. The van der Waals surface area contributed by atoms with Crippen LogP contribution in [0.1, 0.15) is 70.8 Å². The molecule has 5 nitrogen and oxygen atoms in total. The maximum absolute atomic E-state index is 12.3. The Balaban J connectivity index is 1.71. The number of hydrogen-bond donors (Lipinski definition) is 2. The number of benzene rings is 1. The van der Waals surface area contributed by atoms with Gasteiger partial charge in [0.2, 0.25) is 0 Å². The van der Waals surface area contributed by atoms with Crippen LogP contribution in [-0.4, -0.2) is 40.3 Å². The number of carbonyl (C=O) groups excluding carboxylic acids is 2. The van der Waals surface area contributed by atoms with Crippen LogP contribution in [-0.2, 0) is 20.7 Å². The molecular formula is C26H38O5. The highest BCUT2D eigenvalue weighted by molar-refractivity contribution is 5.78. The zero-order valence-electron chi connectivity index (χ0n) is 18.9. The summed E-state index contributed by atoms with van der Waals surface area (Å²) in [7, 11) is 0. The quantitative estimate of drug-likeness (QED) is 0.275. The molecule has 2 N–H and O–H groups in total. The van der Waals surface area contributed by atoms with Gasteiger partial charge in [0.15, 0.2) is 0 Å². The molecule has 0 amide bonds. The summed E-state index contributed by atoms with van der Waals surface area (Å²) < 4.78 is 5.12. The van der Waals surface area contributed by atoms with Crippen molar-refractivity contribution in [3.63, 3.8) is 0 Å². The van der Waals surface area contributed by atoms with Gasteiger partial charge in [0, 0.05) is 19.3 Å². The van der Waals surface area contributed by atoms with E-state index in [0.717, 1.165) is 24.8 Å². The molecule has 0 heterocycles. The molecular weight excluding hydrogens is 392 g/mol. The Morgan fingerprint density at radius 1 is 1.03 bits per heavy atom. The van der Waals surface area contributed by atoms with Gasteiger partial charge in [-0.1, -0.05) is 42.5 Å². The Kier molecular flexibility index (Phi) is 11.0. The Morgan fingerprint density at radius 3 is 2.45 bits per heavy atom. The van der Waals surface area contributed by atoms with Crippen molar-refractivity contribution in [1.82, 2.24) is 0 Å². The predicted octanol–water partition coefficient (Wildman–Crippen LogP) is 4.39. The lowest BCUT2D eigenvalue weighted by molar-refractivity contribution is -0.147. The first-order chi connectivity index (χ1) is 14.9. The number of unbranched alkanes of at least 4 members (excludes halogenated alkanes) is 1. The predicted molar refractivity (Wildman–Crippen MR) is 121 cm³/mol. The zero-order valence-corrected chi connectivity index (χ0v) is 18.9. The number of Topliss-reactive ketones (excluding diaryl/α,β-unsaturated/α-hetero) is 1. The average Bonchev–Trinajstić information content (AvgIpc) is 3.00. The number of ketones is 1.